The molecule has 0 radical (unpaired) electrons. The maximum Gasteiger partial charge on any atom is 0.266 e. The van der Waals surface area contributed by atoms with E-state index in [-0.39, 0.29) is 17.1 Å². The van der Waals surface area contributed by atoms with Gasteiger partial charge in [-0.3, -0.25) is 0 Å². The van der Waals surface area contributed by atoms with Crippen LogP contribution in [-0.2, 0) is 20.3 Å². The van der Waals surface area contributed by atoms with Crippen molar-refractivity contribution in [1.29, 1.82) is 0 Å². The minimum absolute atomic E-state index is 0.229. The highest BCUT2D eigenvalue weighted by Crippen LogP contribution is 2.46. The highest BCUT2D eigenvalue weighted by Gasteiger charge is 2.37. The molecule has 0 aromatic heterocycles. The summed E-state index contributed by atoms with van der Waals surface area (Å²) in [6, 6.07) is 6.67. The molecule has 1 aliphatic carbocycles. The van der Waals surface area contributed by atoms with E-state index in [1.807, 2.05) is 0 Å². The fraction of sp³-hybridized carbons (Fsp3) is 0.529. The molecular weight excluding hydrogens is 236 g/mol. The van der Waals surface area contributed by atoms with Crippen LogP contribution in [0.2, 0.25) is 0 Å². The Kier molecular flexibility index (Phi) is 2.67. The predicted octanol–water partition coefficient (Wildman–Crippen LogP) is 4.55. The van der Waals surface area contributed by atoms with Crippen LogP contribution in [0.4, 0.5) is 0 Å². The number of fused-ring (bicyclic) bond motifs is 1. The molecule has 0 bridgehead atoms. The van der Waals surface area contributed by atoms with Crippen LogP contribution in [0.1, 0.15) is 63.5 Å². The zero-order valence-corrected chi connectivity index (χ0v) is 12.2. The van der Waals surface area contributed by atoms with Gasteiger partial charge in [0.1, 0.15) is 12.5 Å². The molecule has 2 aliphatic rings. The summed E-state index contributed by atoms with van der Waals surface area (Å²) in [6.45, 7) is 9.34. The Morgan fingerprint density at radius 2 is 1.47 bits per heavy atom. The van der Waals surface area contributed by atoms with Crippen LogP contribution in [0.3, 0.4) is 0 Å². The van der Waals surface area contributed by atoms with Crippen molar-refractivity contribution in [2.24, 2.45) is 0 Å². The van der Waals surface area contributed by atoms with Crippen LogP contribution < -0.4 is 0 Å². The second-order valence-electron chi connectivity index (χ2n) is 6.95. The first kappa shape index (κ1) is 12.6. The molecular formula is C17H22O2. The fourth-order valence-electron chi connectivity index (χ4n) is 3.15. The van der Waals surface area contributed by atoms with Gasteiger partial charge in [-0.2, -0.15) is 0 Å². The molecule has 0 unspecified atom stereocenters. The van der Waals surface area contributed by atoms with E-state index in [4.69, 9.17) is 9.47 Å². The summed E-state index contributed by atoms with van der Waals surface area (Å²) < 4.78 is 10.9. The molecule has 2 nitrogen and oxygen atoms in total. The lowest BCUT2D eigenvalue weighted by Crippen LogP contribution is -2.34. The summed E-state index contributed by atoms with van der Waals surface area (Å²) in [5, 5.41) is 0. The van der Waals surface area contributed by atoms with Crippen molar-refractivity contribution < 1.29 is 9.47 Å². The SMILES string of the molecule is CC1(C)CCC(C)(C)c2cc(C3OC=CO3)ccc21. The monoisotopic (exact) mass is 258 g/mol. The molecule has 2 heteroatoms. The van der Waals surface area contributed by atoms with Crippen molar-refractivity contribution in [3.05, 3.63) is 47.4 Å². The van der Waals surface area contributed by atoms with E-state index in [9.17, 15) is 0 Å². The van der Waals surface area contributed by atoms with E-state index in [2.05, 4.69) is 45.9 Å². The highest BCUT2D eigenvalue weighted by atomic mass is 16.7. The van der Waals surface area contributed by atoms with Gasteiger partial charge in [0, 0.05) is 5.56 Å². The molecule has 0 N–H and O–H groups in total. The van der Waals surface area contributed by atoms with Crippen molar-refractivity contribution in [3.63, 3.8) is 0 Å². The van der Waals surface area contributed by atoms with Crippen LogP contribution in [-0.4, -0.2) is 0 Å². The Hall–Kier alpha value is -1.44. The van der Waals surface area contributed by atoms with E-state index in [0.29, 0.717) is 0 Å². The summed E-state index contributed by atoms with van der Waals surface area (Å²) >= 11 is 0. The van der Waals surface area contributed by atoms with Crippen molar-refractivity contribution in [1.82, 2.24) is 0 Å². The second-order valence-corrected chi connectivity index (χ2v) is 6.95. The summed E-state index contributed by atoms with van der Waals surface area (Å²) in [7, 11) is 0. The van der Waals surface area contributed by atoms with Crippen LogP contribution >= 0.6 is 0 Å². The fourth-order valence-corrected chi connectivity index (χ4v) is 3.15. The maximum absolute atomic E-state index is 5.45. The van der Waals surface area contributed by atoms with Crippen LogP contribution in [0.25, 0.3) is 0 Å². The standard InChI is InChI=1S/C17H22O2/c1-16(2)7-8-17(3,4)14-11-12(5-6-13(14)16)15-18-9-10-19-15/h5-6,9-11,15H,7-8H2,1-4H3. The van der Waals surface area contributed by atoms with Crippen molar-refractivity contribution >= 4 is 0 Å². The van der Waals surface area contributed by atoms with Gasteiger partial charge in [0.15, 0.2) is 0 Å². The topological polar surface area (TPSA) is 18.5 Å². The predicted molar refractivity (Wildman–Crippen MR) is 75.8 cm³/mol. The normalized spacial score (nSPS) is 23.6. The highest BCUT2D eigenvalue weighted by molar-refractivity contribution is 5.44. The lowest BCUT2D eigenvalue weighted by Gasteiger charge is -2.42. The molecule has 0 saturated heterocycles. The molecule has 19 heavy (non-hydrogen) atoms. The molecule has 0 amide bonds. The van der Waals surface area contributed by atoms with Crippen molar-refractivity contribution in [3.8, 4) is 0 Å². The van der Waals surface area contributed by atoms with E-state index in [0.717, 1.165) is 5.56 Å². The third kappa shape index (κ3) is 2.03. The molecule has 1 aliphatic heterocycles. The Bertz CT molecular complexity index is 518. The van der Waals surface area contributed by atoms with E-state index >= 15 is 0 Å². The van der Waals surface area contributed by atoms with Crippen LogP contribution in [0, 0.1) is 0 Å². The van der Waals surface area contributed by atoms with Crippen molar-refractivity contribution in [2.75, 3.05) is 0 Å². The van der Waals surface area contributed by atoms with E-state index < -0.39 is 0 Å². The van der Waals surface area contributed by atoms with Gasteiger partial charge in [-0.15, -0.1) is 0 Å². The Morgan fingerprint density at radius 3 is 2.11 bits per heavy atom. The summed E-state index contributed by atoms with van der Waals surface area (Å²) in [5.41, 5.74) is 4.51. The molecule has 1 aromatic rings. The smallest absolute Gasteiger partial charge is 0.266 e. The number of ether oxygens (including phenoxy) is 2. The Balaban J connectivity index is 2.06. The molecule has 0 saturated carbocycles. The third-order valence-electron chi connectivity index (χ3n) is 4.61. The zero-order valence-electron chi connectivity index (χ0n) is 12.2. The van der Waals surface area contributed by atoms with Crippen molar-refractivity contribution in [2.45, 2.75) is 57.7 Å². The first-order valence-corrected chi connectivity index (χ1v) is 7.01. The largest absolute Gasteiger partial charge is 0.455 e. The number of benzene rings is 1. The summed E-state index contributed by atoms with van der Waals surface area (Å²) in [6.07, 6.45) is 5.41. The molecule has 102 valence electrons. The van der Waals surface area contributed by atoms with Gasteiger partial charge >= 0.3 is 0 Å². The molecule has 1 heterocycles. The van der Waals surface area contributed by atoms with Gasteiger partial charge in [-0.1, -0.05) is 39.8 Å². The third-order valence-corrected chi connectivity index (χ3v) is 4.61. The van der Waals surface area contributed by atoms with Gasteiger partial charge in [-0.25, -0.2) is 0 Å². The van der Waals surface area contributed by atoms with Gasteiger partial charge in [0.25, 0.3) is 6.29 Å². The quantitative estimate of drug-likeness (QED) is 0.735. The second kappa shape index (κ2) is 4.03. The minimum Gasteiger partial charge on any atom is -0.455 e. The van der Waals surface area contributed by atoms with Gasteiger partial charge in [0.2, 0.25) is 0 Å². The average Bonchev–Trinajstić information content (AvgIpc) is 2.89. The van der Waals surface area contributed by atoms with Gasteiger partial charge < -0.3 is 9.47 Å². The number of hydrogen-bond donors (Lipinski definition) is 0. The Morgan fingerprint density at radius 1 is 0.895 bits per heavy atom. The molecule has 0 atom stereocenters. The number of rotatable bonds is 1. The van der Waals surface area contributed by atoms with Gasteiger partial charge in [0.05, 0.1) is 0 Å². The first-order chi connectivity index (χ1) is 8.90. The van der Waals surface area contributed by atoms with Crippen LogP contribution in [0.15, 0.2) is 30.7 Å². The minimum atomic E-state index is -0.272. The molecule has 1 aromatic carbocycles. The van der Waals surface area contributed by atoms with Gasteiger partial charge in [-0.05, 0) is 40.9 Å². The first-order valence-electron chi connectivity index (χ1n) is 7.01. The van der Waals surface area contributed by atoms with E-state index in [1.165, 1.54) is 24.0 Å². The van der Waals surface area contributed by atoms with E-state index in [1.54, 1.807) is 12.5 Å². The molecule has 0 fully saturated rings. The van der Waals surface area contributed by atoms with Crippen LogP contribution in [0.5, 0.6) is 0 Å². The Labute approximate surface area is 115 Å². The summed E-state index contributed by atoms with van der Waals surface area (Å²) in [5.74, 6) is 0. The summed E-state index contributed by atoms with van der Waals surface area (Å²) in [4.78, 5) is 0. The lowest BCUT2D eigenvalue weighted by molar-refractivity contribution is -0.0247. The zero-order chi connectivity index (χ0) is 13.7. The number of hydrogen-bond acceptors (Lipinski definition) is 2. The average molecular weight is 258 g/mol. The lowest BCUT2D eigenvalue weighted by atomic mass is 9.63. The molecule has 3 rings (SSSR count). The molecule has 0 spiro atoms. The maximum atomic E-state index is 5.45.